The van der Waals surface area contributed by atoms with E-state index in [1.165, 1.54) is 6.26 Å². The van der Waals surface area contributed by atoms with Gasteiger partial charge in [0.05, 0.1) is 12.0 Å². The highest BCUT2D eigenvalue weighted by molar-refractivity contribution is 5.92. The molecule has 0 aliphatic heterocycles. The molecule has 6 nitrogen and oxygen atoms in total. The first-order valence-electron chi connectivity index (χ1n) is 6.44. The summed E-state index contributed by atoms with van der Waals surface area (Å²) in [6.07, 6.45) is 2.73. The quantitative estimate of drug-likeness (QED) is 0.872. The van der Waals surface area contributed by atoms with Crippen LogP contribution >= 0.6 is 0 Å². The van der Waals surface area contributed by atoms with Crippen molar-refractivity contribution in [2.24, 2.45) is 0 Å². The predicted molar refractivity (Wildman–Crippen MR) is 70.8 cm³/mol. The van der Waals surface area contributed by atoms with Crippen molar-refractivity contribution in [2.75, 3.05) is 0 Å². The highest BCUT2D eigenvalue weighted by atomic mass is 16.5. The minimum Gasteiger partial charge on any atom is -0.477 e. The number of aromatic carboxylic acids is 1. The summed E-state index contributed by atoms with van der Waals surface area (Å²) in [5.41, 5.74) is 1.45. The minimum atomic E-state index is -1.05. The van der Waals surface area contributed by atoms with E-state index in [9.17, 15) is 9.90 Å². The number of carbonyl (C=O) groups is 1. The fraction of sp³-hybridized carbons (Fsp3) is 0.357. The van der Waals surface area contributed by atoms with E-state index in [1.54, 1.807) is 12.1 Å². The second-order valence-electron chi connectivity index (χ2n) is 4.19. The topological polar surface area (TPSA) is 85.5 Å². The number of aryl methyl sites for hydroxylation is 1. The molecule has 1 N–H and O–H groups in total. The average Bonchev–Trinajstić information content (AvgIpc) is 2.96. The molecule has 0 saturated heterocycles. The van der Waals surface area contributed by atoms with Gasteiger partial charge in [-0.25, -0.2) is 4.79 Å². The van der Waals surface area contributed by atoms with Crippen LogP contribution in [-0.4, -0.2) is 21.3 Å². The van der Waals surface area contributed by atoms with Gasteiger partial charge in [0.2, 0.25) is 5.88 Å². The van der Waals surface area contributed by atoms with Crippen LogP contribution in [0.25, 0.3) is 0 Å². The third kappa shape index (κ3) is 2.79. The number of hydrogen-bond donors (Lipinski definition) is 1. The Hall–Kier alpha value is -2.37. The molecule has 2 heterocycles. The molecule has 0 fully saturated rings. The minimum absolute atomic E-state index is 0.0305. The lowest BCUT2D eigenvalue weighted by Crippen LogP contribution is -2.13. The summed E-state index contributed by atoms with van der Waals surface area (Å²) < 4.78 is 10.6. The van der Waals surface area contributed by atoms with Gasteiger partial charge >= 0.3 is 5.97 Å². The SMILES string of the molecule is CCc1nnc(OCc2ccco2)c(C(=O)O)c1CC. The van der Waals surface area contributed by atoms with Crippen LogP contribution in [0.4, 0.5) is 0 Å². The molecule has 0 radical (unpaired) electrons. The van der Waals surface area contributed by atoms with Gasteiger partial charge in [-0.05, 0) is 30.5 Å². The van der Waals surface area contributed by atoms with Crippen molar-refractivity contribution in [3.8, 4) is 5.88 Å². The van der Waals surface area contributed by atoms with Gasteiger partial charge in [-0.15, -0.1) is 5.10 Å². The third-order valence-electron chi connectivity index (χ3n) is 2.96. The van der Waals surface area contributed by atoms with Gasteiger partial charge in [-0.3, -0.25) is 0 Å². The molecule has 0 aliphatic carbocycles. The van der Waals surface area contributed by atoms with Gasteiger partial charge in [0.15, 0.2) is 0 Å². The lowest BCUT2D eigenvalue weighted by Gasteiger charge is -2.12. The van der Waals surface area contributed by atoms with Crippen LogP contribution in [0, 0.1) is 0 Å². The lowest BCUT2D eigenvalue weighted by molar-refractivity contribution is 0.0688. The Morgan fingerprint density at radius 2 is 2.15 bits per heavy atom. The highest BCUT2D eigenvalue weighted by Crippen LogP contribution is 2.23. The number of carboxylic acids is 1. The molecule has 0 unspecified atom stereocenters. The molecule has 6 heteroatoms. The zero-order chi connectivity index (χ0) is 14.5. The smallest absolute Gasteiger partial charge is 0.341 e. The molecule has 106 valence electrons. The van der Waals surface area contributed by atoms with E-state index in [2.05, 4.69) is 10.2 Å². The highest BCUT2D eigenvalue weighted by Gasteiger charge is 2.21. The number of ether oxygens (including phenoxy) is 1. The van der Waals surface area contributed by atoms with E-state index in [0.717, 1.165) is 0 Å². The van der Waals surface area contributed by atoms with E-state index in [4.69, 9.17) is 9.15 Å². The van der Waals surface area contributed by atoms with E-state index in [-0.39, 0.29) is 18.1 Å². The zero-order valence-corrected chi connectivity index (χ0v) is 11.4. The molecule has 2 rings (SSSR count). The second-order valence-corrected chi connectivity index (χ2v) is 4.19. The third-order valence-corrected chi connectivity index (χ3v) is 2.96. The van der Waals surface area contributed by atoms with Crippen LogP contribution in [-0.2, 0) is 19.4 Å². The van der Waals surface area contributed by atoms with Crippen molar-refractivity contribution in [2.45, 2.75) is 33.3 Å². The molecule has 0 aliphatic rings. The number of nitrogens with zero attached hydrogens (tertiary/aromatic N) is 2. The Bertz CT molecular complexity index is 593. The molecular formula is C14H16N2O4. The summed E-state index contributed by atoms with van der Waals surface area (Å²) in [5, 5.41) is 17.3. The Labute approximate surface area is 116 Å². The van der Waals surface area contributed by atoms with Crippen LogP contribution in [0.15, 0.2) is 22.8 Å². The van der Waals surface area contributed by atoms with Gasteiger partial charge in [0.1, 0.15) is 17.9 Å². The first kappa shape index (κ1) is 14.0. The van der Waals surface area contributed by atoms with Gasteiger partial charge < -0.3 is 14.3 Å². The van der Waals surface area contributed by atoms with Crippen molar-refractivity contribution >= 4 is 5.97 Å². The lowest BCUT2D eigenvalue weighted by atomic mass is 10.0. The van der Waals surface area contributed by atoms with Gasteiger partial charge in [0.25, 0.3) is 0 Å². The van der Waals surface area contributed by atoms with Crippen LogP contribution in [0.3, 0.4) is 0 Å². The molecule has 0 aromatic carbocycles. The summed E-state index contributed by atoms with van der Waals surface area (Å²) in [4.78, 5) is 11.5. The fourth-order valence-electron chi connectivity index (χ4n) is 2.01. The molecule has 0 atom stereocenters. The maximum absolute atomic E-state index is 11.5. The molecule has 20 heavy (non-hydrogen) atoms. The first-order valence-corrected chi connectivity index (χ1v) is 6.44. The largest absolute Gasteiger partial charge is 0.477 e. The molecule has 0 spiro atoms. The summed E-state index contributed by atoms with van der Waals surface area (Å²) >= 11 is 0. The molecular weight excluding hydrogens is 260 g/mol. The van der Waals surface area contributed by atoms with Gasteiger partial charge in [-0.1, -0.05) is 13.8 Å². The van der Waals surface area contributed by atoms with Crippen molar-refractivity contribution in [3.63, 3.8) is 0 Å². The Morgan fingerprint density at radius 3 is 2.70 bits per heavy atom. The first-order chi connectivity index (χ1) is 9.67. The van der Waals surface area contributed by atoms with Crippen LogP contribution in [0.1, 0.15) is 41.2 Å². The number of carboxylic acid groups (broad SMARTS) is 1. The van der Waals surface area contributed by atoms with Gasteiger partial charge in [-0.2, -0.15) is 5.10 Å². The number of furan rings is 1. The molecule has 0 bridgehead atoms. The molecule has 2 aromatic heterocycles. The van der Waals surface area contributed by atoms with Crippen molar-refractivity contribution in [1.82, 2.24) is 10.2 Å². The summed E-state index contributed by atoms with van der Waals surface area (Å²) in [7, 11) is 0. The summed E-state index contributed by atoms with van der Waals surface area (Å²) in [5.74, 6) is -0.426. The monoisotopic (exact) mass is 276 g/mol. The zero-order valence-electron chi connectivity index (χ0n) is 11.4. The molecule has 0 saturated carbocycles. The Morgan fingerprint density at radius 1 is 1.35 bits per heavy atom. The van der Waals surface area contributed by atoms with Crippen molar-refractivity contribution in [3.05, 3.63) is 41.0 Å². The summed E-state index contributed by atoms with van der Waals surface area (Å²) in [6.45, 7) is 3.92. The van der Waals surface area contributed by atoms with Crippen LogP contribution in [0.2, 0.25) is 0 Å². The average molecular weight is 276 g/mol. The van der Waals surface area contributed by atoms with Gasteiger partial charge in [0, 0.05) is 0 Å². The van der Waals surface area contributed by atoms with E-state index in [0.29, 0.717) is 29.9 Å². The van der Waals surface area contributed by atoms with Crippen molar-refractivity contribution < 1.29 is 19.1 Å². The molecule has 0 amide bonds. The Balaban J connectivity index is 2.34. The van der Waals surface area contributed by atoms with E-state index < -0.39 is 5.97 Å². The Kier molecular flexibility index (Phi) is 4.34. The second kappa shape index (κ2) is 6.18. The number of hydrogen-bond acceptors (Lipinski definition) is 5. The summed E-state index contributed by atoms with van der Waals surface area (Å²) in [6, 6.07) is 3.48. The standard InChI is InChI=1S/C14H16N2O4/c1-3-10-11(4-2)15-16-13(12(10)14(17)18)20-8-9-6-5-7-19-9/h5-7H,3-4,8H2,1-2H3,(H,17,18). The van der Waals surface area contributed by atoms with E-state index >= 15 is 0 Å². The maximum atomic E-state index is 11.5. The van der Waals surface area contributed by atoms with Crippen molar-refractivity contribution in [1.29, 1.82) is 0 Å². The molecule has 2 aromatic rings. The normalized spacial score (nSPS) is 10.5. The maximum Gasteiger partial charge on any atom is 0.341 e. The predicted octanol–water partition coefficient (Wildman–Crippen LogP) is 2.47. The fourth-order valence-corrected chi connectivity index (χ4v) is 2.01. The van der Waals surface area contributed by atoms with E-state index in [1.807, 2.05) is 13.8 Å². The number of aromatic nitrogens is 2. The van der Waals surface area contributed by atoms with Crippen LogP contribution < -0.4 is 4.74 Å². The van der Waals surface area contributed by atoms with Crippen LogP contribution in [0.5, 0.6) is 5.88 Å². The number of rotatable bonds is 6.